The molecule has 5 rings (SSSR count). The molecule has 1 N–H and O–H groups in total. The van der Waals surface area contributed by atoms with Crippen LogP contribution in [-0.4, -0.2) is 29.0 Å². The molecule has 2 heterocycles. The van der Waals surface area contributed by atoms with E-state index in [1.807, 2.05) is 18.2 Å². The summed E-state index contributed by atoms with van der Waals surface area (Å²) in [5.41, 5.74) is 2.34. The van der Waals surface area contributed by atoms with E-state index in [1.54, 1.807) is 5.01 Å². The van der Waals surface area contributed by atoms with Crippen LogP contribution in [0, 0.1) is 17.6 Å². The average Bonchev–Trinajstić information content (AvgIpc) is 3.39. The van der Waals surface area contributed by atoms with Crippen LogP contribution < -0.4 is 5.32 Å². The fourth-order valence-corrected chi connectivity index (χ4v) is 6.01. The highest BCUT2D eigenvalue weighted by atomic mass is 32.2. The second kappa shape index (κ2) is 7.22. The van der Waals surface area contributed by atoms with Crippen LogP contribution in [0.4, 0.5) is 8.78 Å². The van der Waals surface area contributed by atoms with Gasteiger partial charge in [0.25, 0.3) is 0 Å². The highest BCUT2D eigenvalue weighted by molar-refractivity contribution is 8.15. The topological polar surface area (TPSA) is 44.7 Å². The number of hydrogen-bond donors (Lipinski definition) is 1. The molecule has 0 radical (unpaired) electrons. The molecular weight excluding hydrogens is 392 g/mol. The Hall–Kier alpha value is -2.25. The quantitative estimate of drug-likeness (QED) is 0.810. The lowest BCUT2D eigenvalue weighted by atomic mass is 9.86. The summed E-state index contributed by atoms with van der Waals surface area (Å²) in [6, 6.07) is 11.4. The molecule has 2 atom stereocenters. The summed E-state index contributed by atoms with van der Waals surface area (Å²) in [6.07, 6.45) is 3.34. The zero-order chi connectivity index (χ0) is 20.0. The van der Waals surface area contributed by atoms with Gasteiger partial charge in [0.2, 0.25) is 5.91 Å². The van der Waals surface area contributed by atoms with Crippen LogP contribution >= 0.6 is 11.8 Å². The fraction of sp³-hybridized carbons (Fsp3) is 0.364. The van der Waals surface area contributed by atoms with Gasteiger partial charge in [-0.05, 0) is 61.6 Å². The van der Waals surface area contributed by atoms with E-state index in [0.29, 0.717) is 11.6 Å². The molecule has 1 spiro atoms. The molecule has 0 aromatic heterocycles. The van der Waals surface area contributed by atoms with Gasteiger partial charge in [0.05, 0.1) is 5.92 Å². The molecule has 29 heavy (non-hydrogen) atoms. The lowest BCUT2D eigenvalue weighted by Gasteiger charge is -2.40. The Morgan fingerprint density at radius 1 is 1.24 bits per heavy atom. The van der Waals surface area contributed by atoms with Gasteiger partial charge in [-0.2, -0.15) is 5.10 Å². The first-order valence-corrected chi connectivity index (χ1v) is 10.8. The van der Waals surface area contributed by atoms with Crippen LogP contribution in [0.1, 0.15) is 36.0 Å². The third kappa shape index (κ3) is 3.07. The van der Waals surface area contributed by atoms with E-state index in [4.69, 9.17) is 0 Å². The van der Waals surface area contributed by atoms with E-state index < -0.39 is 16.5 Å². The van der Waals surface area contributed by atoms with Crippen molar-refractivity contribution < 1.29 is 13.6 Å². The zero-order valence-corrected chi connectivity index (χ0v) is 16.6. The summed E-state index contributed by atoms with van der Waals surface area (Å²) >= 11 is 1.38. The number of rotatable bonds is 2. The van der Waals surface area contributed by atoms with Crippen molar-refractivity contribution in [3.8, 4) is 0 Å². The number of nitrogens with zero attached hydrogens (tertiary/aromatic N) is 2. The SMILES string of the molecule is O=C(C1CCNC1)N1N=C(c2cc(F)ccc2F)SC12CCCc1ccccc12. The second-order valence-corrected chi connectivity index (χ2v) is 9.03. The van der Waals surface area contributed by atoms with Crippen LogP contribution in [0.3, 0.4) is 0 Å². The van der Waals surface area contributed by atoms with Crippen molar-refractivity contribution in [1.29, 1.82) is 0 Å². The molecule has 2 unspecified atom stereocenters. The minimum atomic E-state index is -0.706. The number of halogens is 2. The van der Waals surface area contributed by atoms with Crippen molar-refractivity contribution in [2.45, 2.75) is 30.6 Å². The highest BCUT2D eigenvalue weighted by Crippen LogP contribution is 2.54. The molecule has 0 bridgehead atoms. The maximum absolute atomic E-state index is 14.5. The molecule has 1 fully saturated rings. The van der Waals surface area contributed by atoms with Crippen LogP contribution in [0.25, 0.3) is 0 Å². The molecule has 150 valence electrons. The van der Waals surface area contributed by atoms with Crippen LogP contribution in [-0.2, 0) is 16.1 Å². The Bertz CT molecular complexity index is 1010. The average molecular weight is 413 g/mol. The van der Waals surface area contributed by atoms with Crippen molar-refractivity contribution in [2.75, 3.05) is 13.1 Å². The molecule has 0 saturated carbocycles. The van der Waals surface area contributed by atoms with Gasteiger partial charge < -0.3 is 5.32 Å². The summed E-state index contributed by atoms with van der Waals surface area (Å²) < 4.78 is 28.4. The maximum Gasteiger partial charge on any atom is 0.248 e. The van der Waals surface area contributed by atoms with Crippen LogP contribution in [0.5, 0.6) is 0 Å². The smallest absolute Gasteiger partial charge is 0.248 e. The third-order valence-electron chi connectivity index (χ3n) is 5.98. The molecular formula is C22H21F2N3OS. The number of aryl methyl sites for hydroxylation is 1. The Kier molecular flexibility index (Phi) is 4.67. The number of thioether (sulfide) groups is 1. The number of fused-ring (bicyclic) bond motifs is 2. The summed E-state index contributed by atoms with van der Waals surface area (Å²) in [5, 5.41) is 9.78. The van der Waals surface area contributed by atoms with Crippen molar-refractivity contribution in [1.82, 2.24) is 10.3 Å². The van der Waals surface area contributed by atoms with Crippen molar-refractivity contribution in [3.05, 3.63) is 70.8 Å². The largest absolute Gasteiger partial charge is 0.316 e. The standard InChI is InChI=1S/C22H21F2N3OS/c23-16-7-8-19(24)17(12-16)20-26-27(21(28)15-9-11-25-13-15)22(29-20)10-3-5-14-4-1-2-6-18(14)22/h1-2,4,6-8,12,15,25H,3,5,9-11,13H2. The van der Waals surface area contributed by atoms with Gasteiger partial charge in [0, 0.05) is 12.1 Å². The van der Waals surface area contributed by atoms with Crippen molar-refractivity contribution in [3.63, 3.8) is 0 Å². The first-order valence-electron chi connectivity index (χ1n) is 9.95. The Morgan fingerprint density at radius 3 is 2.93 bits per heavy atom. The Morgan fingerprint density at radius 2 is 2.10 bits per heavy atom. The van der Waals surface area contributed by atoms with E-state index in [0.717, 1.165) is 56.0 Å². The van der Waals surface area contributed by atoms with E-state index in [2.05, 4.69) is 16.5 Å². The minimum absolute atomic E-state index is 0.0500. The molecule has 2 aromatic rings. The van der Waals surface area contributed by atoms with E-state index >= 15 is 0 Å². The molecule has 1 aliphatic carbocycles. The second-order valence-electron chi connectivity index (χ2n) is 7.77. The Balaban J connectivity index is 1.63. The molecule has 7 heteroatoms. The highest BCUT2D eigenvalue weighted by Gasteiger charge is 2.52. The van der Waals surface area contributed by atoms with E-state index in [-0.39, 0.29) is 17.4 Å². The van der Waals surface area contributed by atoms with Gasteiger partial charge in [-0.25, -0.2) is 13.8 Å². The monoisotopic (exact) mass is 413 g/mol. The number of carbonyl (C=O) groups excluding carboxylic acids is 1. The summed E-state index contributed by atoms with van der Waals surface area (Å²) in [5.74, 6) is -1.26. The molecule has 3 aliphatic rings. The Labute approximate surface area is 172 Å². The molecule has 2 aliphatic heterocycles. The number of nitrogens with one attached hydrogen (secondary N) is 1. The summed E-state index contributed by atoms with van der Waals surface area (Å²) in [4.78, 5) is 12.8. The minimum Gasteiger partial charge on any atom is -0.316 e. The number of amides is 1. The lowest BCUT2D eigenvalue weighted by molar-refractivity contribution is -0.138. The summed E-state index contributed by atoms with van der Waals surface area (Å²) in [7, 11) is 0. The van der Waals surface area contributed by atoms with Gasteiger partial charge in [-0.3, -0.25) is 4.79 Å². The van der Waals surface area contributed by atoms with Gasteiger partial charge in [-0.1, -0.05) is 36.0 Å². The maximum atomic E-state index is 14.5. The first kappa shape index (κ1) is 18.8. The molecule has 1 saturated heterocycles. The third-order valence-corrected chi connectivity index (χ3v) is 7.41. The van der Waals surface area contributed by atoms with Crippen LogP contribution in [0.2, 0.25) is 0 Å². The number of hydrogen-bond acceptors (Lipinski definition) is 4. The van der Waals surface area contributed by atoms with Gasteiger partial charge >= 0.3 is 0 Å². The van der Waals surface area contributed by atoms with Gasteiger partial charge in [0.1, 0.15) is 21.5 Å². The van der Waals surface area contributed by atoms with Crippen LogP contribution in [0.15, 0.2) is 47.6 Å². The number of hydrazone groups is 1. The molecule has 4 nitrogen and oxygen atoms in total. The van der Waals surface area contributed by atoms with Crippen molar-refractivity contribution >= 4 is 22.7 Å². The van der Waals surface area contributed by atoms with Gasteiger partial charge in [0.15, 0.2) is 0 Å². The van der Waals surface area contributed by atoms with E-state index in [1.165, 1.54) is 17.3 Å². The fourth-order valence-electron chi connectivity index (χ4n) is 4.53. The lowest BCUT2D eigenvalue weighted by Crippen LogP contribution is -2.46. The number of carbonyl (C=O) groups is 1. The van der Waals surface area contributed by atoms with E-state index in [9.17, 15) is 13.6 Å². The normalized spacial score (nSPS) is 25.9. The zero-order valence-electron chi connectivity index (χ0n) is 15.8. The molecule has 1 amide bonds. The predicted octanol–water partition coefficient (Wildman–Crippen LogP) is 4.00. The summed E-state index contributed by atoms with van der Waals surface area (Å²) in [6.45, 7) is 1.42. The number of benzene rings is 2. The van der Waals surface area contributed by atoms with Gasteiger partial charge in [-0.15, -0.1) is 0 Å². The predicted molar refractivity (Wildman–Crippen MR) is 109 cm³/mol. The van der Waals surface area contributed by atoms with Crippen molar-refractivity contribution in [2.24, 2.45) is 11.0 Å². The first-order chi connectivity index (χ1) is 14.1. The molecule has 2 aromatic carbocycles.